The molecule has 2 rings (SSSR count). The fourth-order valence-corrected chi connectivity index (χ4v) is 2.83. The number of nitrogens with zero attached hydrogens (tertiary/aromatic N) is 1. The summed E-state index contributed by atoms with van der Waals surface area (Å²) < 4.78 is 43.9. The smallest absolute Gasteiger partial charge is 0.416 e. The second kappa shape index (κ2) is 8.91. The number of benzene rings is 1. The summed E-state index contributed by atoms with van der Waals surface area (Å²) in [5.74, 6) is -1.17. The summed E-state index contributed by atoms with van der Waals surface area (Å²) in [7, 11) is 0. The van der Waals surface area contributed by atoms with Gasteiger partial charge in [-0.1, -0.05) is 6.92 Å². The van der Waals surface area contributed by atoms with Gasteiger partial charge in [-0.15, -0.1) is 0 Å². The molecule has 0 unspecified atom stereocenters. The fraction of sp³-hybridized carbons (Fsp3) is 0.556. The van der Waals surface area contributed by atoms with Gasteiger partial charge in [0.25, 0.3) is 5.91 Å². The van der Waals surface area contributed by atoms with Gasteiger partial charge in [-0.2, -0.15) is 13.2 Å². The van der Waals surface area contributed by atoms with Crippen molar-refractivity contribution < 1.29 is 27.5 Å². The second-order valence-corrected chi connectivity index (χ2v) is 6.24. The van der Waals surface area contributed by atoms with Crippen LogP contribution in [0.1, 0.15) is 44.6 Å². The van der Waals surface area contributed by atoms with Crippen molar-refractivity contribution in [3.8, 4) is 0 Å². The van der Waals surface area contributed by atoms with Crippen molar-refractivity contribution in [3.63, 3.8) is 0 Å². The van der Waals surface area contributed by atoms with Crippen LogP contribution in [0, 0.1) is 0 Å². The van der Waals surface area contributed by atoms with Gasteiger partial charge in [-0.3, -0.25) is 9.59 Å². The predicted molar refractivity (Wildman–Crippen MR) is 92.0 cm³/mol. The van der Waals surface area contributed by atoms with E-state index in [1.165, 1.54) is 6.07 Å². The zero-order valence-corrected chi connectivity index (χ0v) is 14.7. The van der Waals surface area contributed by atoms with Gasteiger partial charge in [0.2, 0.25) is 0 Å². The number of carbonyl (C=O) groups is 2. The van der Waals surface area contributed by atoms with Crippen LogP contribution in [-0.2, 0) is 20.5 Å². The van der Waals surface area contributed by atoms with Gasteiger partial charge >= 0.3 is 12.1 Å². The van der Waals surface area contributed by atoms with E-state index < -0.39 is 30.2 Å². The van der Waals surface area contributed by atoms with Crippen LogP contribution in [0.15, 0.2) is 18.2 Å². The van der Waals surface area contributed by atoms with Gasteiger partial charge in [0, 0.05) is 19.5 Å². The SMILES string of the molecule is CCCC(=O)OCC(=O)Nc1cc(C(F)(F)F)ccc1N1CCCCC1. The number of anilines is 2. The van der Waals surface area contributed by atoms with Crippen molar-refractivity contribution >= 4 is 23.3 Å². The van der Waals surface area contributed by atoms with E-state index in [2.05, 4.69) is 5.32 Å². The number of hydrogen-bond donors (Lipinski definition) is 1. The first-order valence-corrected chi connectivity index (χ1v) is 8.73. The van der Waals surface area contributed by atoms with Crippen LogP contribution < -0.4 is 10.2 Å². The number of amides is 1. The maximum Gasteiger partial charge on any atom is 0.416 e. The van der Waals surface area contributed by atoms with Crippen molar-refractivity contribution in [1.82, 2.24) is 0 Å². The van der Waals surface area contributed by atoms with Crippen LogP contribution in [0.3, 0.4) is 0 Å². The van der Waals surface area contributed by atoms with Gasteiger partial charge in [0.15, 0.2) is 6.61 Å². The highest BCUT2D eigenvalue weighted by molar-refractivity contribution is 5.96. The van der Waals surface area contributed by atoms with Gasteiger partial charge < -0.3 is 15.0 Å². The average Bonchev–Trinajstić information content (AvgIpc) is 2.60. The molecular formula is C18H23F3N2O3. The average molecular weight is 372 g/mol. The lowest BCUT2D eigenvalue weighted by atomic mass is 10.1. The lowest BCUT2D eigenvalue weighted by Gasteiger charge is -2.31. The van der Waals surface area contributed by atoms with Crippen molar-refractivity contribution in [1.29, 1.82) is 0 Å². The van der Waals surface area contributed by atoms with Crippen molar-refractivity contribution in [3.05, 3.63) is 23.8 Å². The summed E-state index contributed by atoms with van der Waals surface area (Å²) >= 11 is 0. The molecule has 0 aliphatic carbocycles. The van der Waals surface area contributed by atoms with Crippen LogP contribution in [0.5, 0.6) is 0 Å². The molecule has 0 atom stereocenters. The molecule has 8 heteroatoms. The topological polar surface area (TPSA) is 58.6 Å². The fourth-order valence-electron chi connectivity index (χ4n) is 2.83. The Hall–Kier alpha value is -2.25. The summed E-state index contributed by atoms with van der Waals surface area (Å²) in [5, 5.41) is 2.46. The Labute approximate surface area is 150 Å². The molecule has 1 aromatic carbocycles. The zero-order valence-electron chi connectivity index (χ0n) is 14.7. The number of alkyl halides is 3. The first kappa shape index (κ1) is 20.1. The van der Waals surface area contributed by atoms with Crippen molar-refractivity contribution in [2.24, 2.45) is 0 Å². The third-order valence-electron chi connectivity index (χ3n) is 4.11. The number of piperidine rings is 1. The number of carbonyl (C=O) groups excluding carboxylic acids is 2. The number of esters is 1. The van der Waals surface area contributed by atoms with Crippen molar-refractivity contribution in [2.75, 3.05) is 29.9 Å². The van der Waals surface area contributed by atoms with Crippen LogP contribution in [0.4, 0.5) is 24.5 Å². The molecule has 1 N–H and O–H groups in total. The predicted octanol–water partition coefficient (Wildman–Crippen LogP) is 3.98. The highest BCUT2D eigenvalue weighted by Gasteiger charge is 2.32. The molecule has 0 saturated carbocycles. The highest BCUT2D eigenvalue weighted by Crippen LogP contribution is 2.36. The minimum atomic E-state index is -4.51. The number of hydrogen-bond acceptors (Lipinski definition) is 4. The number of halogens is 3. The first-order chi connectivity index (χ1) is 12.3. The van der Waals surface area contributed by atoms with E-state index in [9.17, 15) is 22.8 Å². The normalized spacial score (nSPS) is 14.8. The molecule has 1 heterocycles. The van der Waals surface area contributed by atoms with Crippen molar-refractivity contribution in [2.45, 2.75) is 45.2 Å². The van der Waals surface area contributed by atoms with Gasteiger partial charge in [0.05, 0.1) is 16.9 Å². The molecule has 0 radical (unpaired) electrons. The number of ether oxygens (including phenoxy) is 1. The van der Waals surface area contributed by atoms with E-state index in [0.717, 1.165) is 44.5 Å². The molecule has 1 aliphatic rings. The molecule has 1 amide bonds. The van der Waals surface area contributed by atoms with E-state index in [1.807, 2.05) is 4.90 Å². The summed E-state index contributed by atoms with van der Waals surface area (Å²) in [5.41, 5.74) is -0.208. The molecule has 1 fully saturated rings. The van der Waals surface area contributed by atoms with E-state index in [1.54, 1.807) is 6.92 Å². The Kier molecular flexibility index (Phi) is 6.88. The summed E-state index contributed by atoms with van der Waals surface area (Å²) in [6.45, 7) is 2.73. The van der Waals surface area contributed by atoms with Gasteiger partial charge in [-0.25, -0.2) is 0 Å². The lowest BCUT2D eigenvalue weighted by molar-refractivity contribution is -0.147. The van der Waals surface area contributed by atoms with E-state index in [0.29, 0.717) is 12.1 Å². The van der Waals surface area contributed by atoms with Gasteiger partial charge in [-0.05, 0) is 43.9 Å². The molecule has 144 valence electrons. The Bertz CT molecular complexity index is 641. The third kappa shape index (κ3) is 5.64. The summed E-state index contributed by atoms with van der Waals surface area (Å²) in [6.07, 6.45) is -0.755. The maximum atomic E-state index is 13.0. The van der Waals surface area contributed by atoms with Crippen LogP contribution in [0.2, 0.25) is 0 Å². The molecule has 0 bridgehead atoms. The van der Waals surface area contributed by atoms with Gasteiger partial charge in [0.1, 0.15) is 0 Å². The summed E-state index contributed by atoms with van der Waals surface area (Å²) in [4.78, 5) is 25.3. The largest absolute Gasteiger partial charge is 0.456 e. The first-order valence-electron chi connectivity index (χ1n) is 8.73. The summed E-state index contributed by atoms with van der Waals surface area (Å²) in [6, 6.07) is 3.32. The van der Waals surface area contributed by atoms with Crippen LogP contribution >= 0.6 is 0 Å². The van der Waals surface area contributed by atoms with Crippen LogP contribution in [0.25, 0.3) is 0 Å². The minimum absolute atomic E-state index is 0.0817. The Morgan fingerprint density at radius 2 is 1.88 bits per heavy atom. The number of rotatable bonds is 6. The molecular weight excluding hydrogens is 349 g/mol. The van der Waals surface area contributed by atoms with E-state index in [-0.39, 0.29) is 12.1 Å². The van der Waals surface area contributed by atoms with E-state index in [4.69, 9.17) is 4.74 Å². The highest BCUT2D eigenvalue weighted by atomic mass is 19.4. The Morgan fingerprint density at radius 1 is 1.19 bits per heavy atom. The maximum absolute atomic E-state index is 13.0. The quantitative estimate of drug-likeness (QED) is 0.768. The van der Waals surface area contributed by atoms with Crippen LogP contribution in [-0.4, -0.2) is 31.6 Å². The molecule has 1 aliphatic heterocycles. The molecule has 26 heavy (non-hydrogen) atoms. The zero-order chi connectivity index (χ0) is 19.2. The third-order valence-corrected chi connectivity index (χ3v) is 4.11. The lowest BCUT2D eigenvalue weighted by Crippen LogP contribution is -2.31. The molecule has 0 spiro atoms. The Morgan fingerprint density at radius 3 is 2.50 bits per heavy atom. The standard InChI is InChI=1S/C18H23F3N2O3/c1-2-6-17(25)26-12-16(24)22-14-11-13(18(19,20)21)7-8-15(14)23-9-4-3-5-10-23/h7-8,11H,2-6,9-10,12H2,1H3,(H,22,24). The number of nitrogens with one attached hydrogen (secondary N) is 1. The Balaban J connectivity index is 2.16. The molecule has 0 aromatic heterocycles. The molecule has 5 nitrogen and oxygen atoms in total. The minimum Gasteiger partial charge on any atom is -0.456 e. The molecule has 1 aromatic rings. The monoisotopic (exact) mass is 372 g/mol. The second-order valence-electron chi connectivity index (χ2n) is 6.24. The molecule has 1 saturated heterocycles. The van der Waals surface area contributed by atoms with E-state index >= 15 is 0 Å².